The molecule has 0 fully saturated rings. The van der Waals surface area contributed by atoms with Gasteiger partial charge in [-0.25, -0.2) is 0 Å². The maximum absolute atomic E-state index is 0. The maximum Gasteiger partial charge on any atom is 0 e. The van der Waals surface area contributed by atoms with Crippen LogP contribution in [0.2, 0.25) is 0 Å². The van der Waals surface area contributed by atoms with E-state index in [1.807, 2.05) is 0 Å². The molecule has 0 unspecified atom stereocenters. The van der Waals surface area contributed by atoms with Crippen LogP contribution in [-0.2, 0) is 19.5 Å². The van der Waals surface area contributed by atoms with Gasteiger partial charge in [-0.15, -0.1) is 0 Å². The molecule has 5 heavy (non-hydrogen) atoms. The average Bonchev–Trinajstić information content (AvgIpc) is 0. The minimum absolute atomic E-state index is 0. The molecule has 0 saturated heterocycles. The van der Waals surface area contributed by atoms with Crippen LogP contribution in [0.1, 0.15) is 0 Å². The molecule has 5 heteroatoms. The molecule has 0 aliphatic carbocycles. The smallest absolute Gasteiger partial charge is 0 e. The fourth-order valence-corrected chi connectivity index (χ4v) is 0. The molecule has 0 rings (SSSR count). The van der Waals surface area contributed by atoms with Crippen LogP contribution in [0.25, 0.3) is 0 Å². The first kappa shape index (κ1) is 90.9. The molecule has 1 N–H and O–H groups in total. The minimum Gasteiger partial charge on any atom is -1.00 e. The largest absolute Gasteiger partial charge is 1.00 e. The molecular weight excluding hydrogens is 225 g/mol. The Bertz CT molecular complexity index is 6.85. The van der Waals surface area contributed by atoms with Crippen LogP contribution in [-0.4, -0.2) is 5.48 Å². The SMILES string of the molecule is [Cl-].[Cl-].[Cl-].[OH-].[Rh]. The van der Waals surface area contributed by atoms with Gasteiger partial charge in [0.15, 0.2) is 0 Å². The Labute approximate surface area is 62.2 Å². The fourth-order valence-electron chi connectivity index (χ4n) is 0. The summed E-state index contributed by atoms with van der Waals surface area (Å²) in [5, 5.41) is 0. The van der Waals surface area contributed by atoms with Gasteiger partial charge in [-0.2, -0.15) is 0 Å². The van der Waals surface area contributed by atoms with Crippen molar-refractivity contribution in [1.29, 1.82) is 0 Å². The molecule has 0 spiro atoms. The van der Waals surface area contributed by atoms with Crippen LogP contribution in [0.4, 0.5) is 0 Å². The average molecular weight is 226 g/mol. The van der Waals surface area contributed by atoms with Crippen LogP contribution < -0.4 is 37.2 Å². The van der Waals surface area contributed by atoms with E-state index in [2.05, 4.69) is 0 Å². The summed E-state index contributed by atoms with van der Waals surface area (Å²) >= 11 is 0. The molecule has 0 saturated carbocycles. The van der Waals surface area contributed by atoms with Crippen molar-refractivity contribution < 1.29 is 62.2 Å². The second-order valence-electron chi connectivity index (χ2n) is 0. The first-order valence-electron chi connectivity index (χ1n) is 0. The van der Waals surface area contributed by atoms with Gasteiger partial charge in [-0.1, -0.05) is 0 Å². The van der Waals surface area contributed by atoms with Gasteiger partial charge < -0.3 is 42.7 Å². The third-order valence-electron chi connectivity index (χ3n) is 0. The topological polar surface area (TPSA) is 30.0 Å². The Hall–Kier alpha value is 1.45. The summed E-state index contributed by atoms with van der Waals surface area (Å²) in [6.07, 6.45) is 0. The first-order chi connectivity index (χ1) is 0. The normalized spacial score (nSPS) is 0. The van der Waals surface area contributed by atoms with Gasteiger partial charge in [-0.3, -0.25) is 0 Å². The van der Waals surface area contributed by atoms with E-state index in [4.69, 9.17) is 0 Å². The van der Waals surface area contributed by atoms with Crippen molar-refractivity contribution in [3.63, 3.8) is 0 Å². The Morgan fingerprint density at radius 2 is 0.600 bits per heavy atom. The minimum atomic E-state index is 0. The second-order valence-corrected chi connectivity index (χ2v) is 0. The van der Waals surface area contributed by atoms with Crippen molar-refractivity contribution in [3.05, 3.63) is 0 Å². The molecule has 0 aliphatic heterocycles. The molecule has 0 atom stereocenters. The molecule has 0 amide bonds. The van der Waals surface area contributed by atoms with Gasteiger partial charge in [-0.05, 0) is 0 Å². The van der Waals surface area contributed by atoms with Crippen molar-refractivity contribution in [2.24, 2.45) is 0 Å². The molecule has 0 aromatic carbocycles. The maximum atomic E-state index is 0. The summed E-state index contributed by atoms with van der Waals surface area (Å²) in [5.74, 6) is 0. The van der Waals surface area contributed by atoms with Crippen molar-refractivity contribution in [2.75, 3.05) is 0 Å². The van der Waals surface area contributed by atoms with Crippen molar-refractivity contribution in [2.45, 2.75) is 0 Å². The van der Waals surface area contributed by atoms with Crippen LogP contribution >= 0.6 is 0 Å². The van der Waals surface area contributed by atoms with Gasteiger partial charge >= 0.3 is 0 Å². The molecule has 1 nitrogen and oxygen atoms in total. The summed E-state index contributed by atoms with van der Waals surface area (Å²) in [4.78, 5) is 0. The molecule has 41 valence electrons. The zero-order valence-electron chi connectivity index (χ0n) is 1.91. The van der Waals surface area contributed by atoms with E-state index >= 15 is 0 Å². The molecular formula is HCl3ORh-4. The fraction of sp³-hybridized carbons (Fsp3) is 0. The van der Waals surface area contributed by atoms with E-state index in [1.54, 1.807) is 0 Å². The molecule has 0 aromatic rings. The van der Waals surface area contributed by atoms with E-state index in [-0.39, 0.29) is 62.2 Å². The Kier molecular flexibility index (Phi) is 930. The van der Waals surface area contributed by atoms with Gasteiger partial charge in [0.1, 0.15) is 0 Å². The summed E-state index contributed by atoms with van der Waals surface area (Å²) < 4.78 is 0. The number of hydrogen-bond donors (Lipinski definition) is 0. The monoisotopic (exact) mass is 225 g/mol. The third kappa shape index (κ3) is 30.8. The molecule has 0 aromatic heterocycles. The van der Waals surface area contributed by atoms with Crippen molar-refractivity contribution in [1.82, 2.24) is 0 Å². The standard InChI is InChI=1S/3ClH.H2O.Rh/h3*1H;1H2;/p-4. The summed E-state index contributed by atoms with van der Waals surface area (Å²) in [6, 6.07) is 0. The van der Waals surface area contributed by atoms with Crippen molar-refractivity contribution >= 4 is 0 Å². The zero-order valence-corrected chi connectivity index (χ0v) is 5.82. The predicted octanol–water partition coefficient (Wildman–Crippen LogP) is -9.17. The summed E-state index contributed by atoms with van der Waals surface area (Å²) in [6.45, 7) is 0. The molecule has 0 bridgehead atoms. The van der Waals surface area contributed by atoms with Crippen LogP contribution in [0.5, 0.6) is 0 Å². The van der Waals surface area contributed by atoms with Crippen LogP contribution in [0, 0.1) is 0 Å². The Morgan fingerprint density at radius 1 is 0.600 bits per heavy atom. The molecule has 0 aliphatic rings. The van der Waals surface area contributed by atoms with Crippen LogP contribution in [0.15, 0.2) is 0 Å². The van der Waals surface area contributed by atoms with Crippen molar-refractivity contribution in [3.8, 4) is 0 Å². The van der Waals surface area contributed by atoms with E-state index in [9.17, 15) is 0 Å². The summed E-state index contributed by atoms with van der Waals surface area (Å²) in [7, 11) is 0. The van der Waals surface area contributed by atoms with E-state index in [0.29, 0.717) is 0 Å². The Morgan fingerprint density at radius 3 is 0.600 bits per heavy atom. The quantitative estimate of drug-likeness (QED) is 0.377. The van der Waals surface area contributed by atoms with Gasteiger partial charge in [0, 0.05) is 19.5 Å². The summed E-state index contributed by atoms with van der Waals surface area (Å²) in [5.41, 5.74) is 0. The van der Waals surface area contributed by atoms with Crippen LogP contribution in [0.3, 0.4) is 0 Å². The predicted molar refractivity (Wildman–Crippen MR) is 1.94 cm³/mol. The number of rotatable bonds is 0. The Balaban J connectivity index is 0. The molecule has 1 radical (unpaired) electrons. The van der Waals surface area contributed by atoms with Gasteiger partial charge in [0.25, 0.3) is 0 Å². The zero-order chi connectivity index (χ0) is 0. The van der Waals surface area contributed by atoms with E-state index in [1.165, 1.54) is 0 Å². The number of hydrogen-bond acceptors (Lipinski definition) is 1. The van der Waals surface area contributed by atoms with Gasteiger partial charge in [0.05, 0.1) is 0 Å². The molecule has 0 heterocycles. The second kappa shape index (κ2) is 51.2. The third-order valence-corrected chi connectivity index (χ3v) is 0. The first-order valence-corrected chi connectivity index (χ1v) is 0. The number of halogens is 3. The van der Waals surface area contributed by atoms with Gasteiger partial charge in [0.2, 0.25) is 0 Å². The van der Waals surface area contributed by atoms with E-state index < -0.39 is 0 Å². The van der Waals surface area contributed by atoms with E-state index in [0.717, 1.165) is 0 Å².